The molecule has 2 fully saturated rings. The minimum absolute atomic E-state index is 0.0694. The number of pyridine rings is 2. The second kappa shape index (κ2) is 12.2. The summed E-state index contributed by atoms with van der Waals surface area (Å²) in [6.07, 6.45) is 5.94. The third-order valence-electron chi connectivity index (χ3n) is 9.37. The number of methoxy groups -OCH3 is 3. The highest BCUT2D eigenvalue weighted by Gasteiger charge is 2.51. The van der Waals surface area contributed by atoms with E-state index in [1.165, 1.54) is 31.6 Å². The van der Waals surface area contributed by atoms with Crippen LogP contribution in [-0.2, 0) is 28.8 Å². The lowest BCUT2D eigenvalue weighted by atomic mass is 9.90. The predicted octanol–water partition coefficient (Wildman–Crippen LogP) is 4.47. The number of phenolic OH excluding ortho intramolecular Hbond substituents is 1. The highest BCUT2D eigenvalue weighted by atomic mass is 16.6. The molecule has 4 aliphatic rings. The number of benzene rings is 2. The fourth-order valence-electron chi connectivity index (χ4n) is 6.71. The van der Waals surface area contributed by atoms with Crippen LogP contribution in [0, 0.1) is 0 Å². The van der Waals surface area contributed by atoms with E-state index in [-0.39, 0.29) is 22.4 Å². The first-order valence-electron chi connectivity index (χ1n) is 15.7. The van der Waals surface area contributed by atoms with Crippen molar-refractivity contribution in [2.45, 2.75) is 50.8 Å². The summed E-state index contributed by atoms with van der Waals surface area (Å²) in [4.78, 5) is 46.8. The van der Waals surface area contributed by atoms with Gasteiger partial charge in [0.05, 0.1) is 39.3 Å². The van der Waals surface area contributed by atoms with Crippen LogP contribution in [0.4, 0.5) is 0 Å². The van der Waals surface area contributed by atoms with Crippen molar-refractivity contribution >= 4 is 11.9 Å². The molecule has 13 heteroatoms. The number of carboxylic acids is 2. The summed E-state index contributed by atoms with van der Waals surface area (Å²) in [5.74, 6) is -0.911. The maximum Gasteiger partial charge on any atom is 0.341 e. The average Bonchev–Trinajstić information content (AvgIpc) is 4.03. The number of aromatic hydroxyl groups is 1. The molecule has 2 spiro atoms. The second-order valence-corrected chi connectivity index (χ2v) is 12.1. The number of aromatic carboxylic acids is 2. The van der Waals surface area contributed by atoms with Crippen LogP contribution in [0.5, 0.6) is 23.0 Å². The van der Waals surface area contributed by atoms with Crippen LogP contribution in [0.15, 0.2) is 58.4 Å². The minimum Gasteiger partial charge on any atom is -0.504 e. The molecule has 4 aromatic rings. The summed E-state index contributed by atoms with van der Waals surface area (Å²) in [5, 5.41) is 28.4. The quantitative estimate of drug-likeness (QED) is 0.255. The van der Waals surface area contributed by atoms with E-state index < -0.39 is 28.5 Å². The van der Waals surface area contributed by atoms with Gasteiger partial charge in [-0.15, -0.1) is 0 Å². The first kappa shape index (κ1) is 33.3. The van der Waals surface area contributed by atoms with Crippen LogP contribution >= 0.6 is 0 Å². The van der Waals surface area contributed by atoms with E-state index in [0.717, 1.165) is 35.1 Å². The number of carbonyl (C=O) groups is 2. The molecule has 3 N–H and O–H groups in total. The first-order chi connectivity index (χ1) is 23.4. The van der Waals surface area contributed by atoms with E-state index in [0.29, 0.717) is 48.1 Å². The average molecular weight is 673 g/mol. The number of fused-ring (bicyclic) bond motifs is 8. The number of ether oxygens (including phenoxy) is 4. The van der Waals surface area contributed by atoms with Gasteiger partial charge in [-0.1, -0.05) is 13.8 Å². The van der Waals surface area contributed by atoms with Gasteiger partial charge in [0.1, 0.15) is 11.1 Å². The molecular weight excluding hydrogens is 636 g/mol. The van der Waals surface area contributed by atoms with Gasteiger partial charge in [0, 0.05) is 47.6 Å². The van der Waals surface area contributed by atoms with Crippen molar-refractivity contribution < 1.29 is 43.9 Å². The van der Waals surface area contributed by atoms with Crippen LogP contribution < -0.4 is 25.1 Å². The summed E-state index contributed by atoms with van der Waals surface area (Å²) in [7, 11) is 4.57. The third kappa shape index (κ3) is 5.49. The van der Waals surface area contributed by atoms with Crippen molar-refractivity contribution in [2.24, 2.45) is 0 Å². The number of hydrogen-bond donors (Lipinski definition) is 3. The van der Waals surface area contributed by atoms with E-state index in [9.17, 15) is 34.5 Å². The largest absolute Gasteiger partial charge is 0.504 e. The van der Waals surface area contributed by atoms with Crippen LogP contribution in [0.1, 0.15) is 58.5 Å². The number of rotatable bonds is 5. The number of epoxide rings is 1. The number of phenols is 1. The summed E-state index contributed by atoms with van der Waals surface area (Å²) in [6.45, 7) is 4.47. The van der Waals surface area contributed by atoms with E-state index in [1.54, 1.807) is 37.0 Å². The van der Waals surface area contributed by atoms with E-state index in [4.69, 9.17) is 18.9 Å². The summed E-state index contributed by atoms with van der Waals surface area (Å²) in [6, 6.07) is 9.76. The molecule has 0 amide bonds. The molecule has 0 radical (unpaired) electrons. The zero-order chi connectivity index (χ0) is 35.4. The molecule has 256 valence electrons. The zero-order valence-electron chi connectivity index (χ0n) is 27.7. The number of hydrogen-bond acceptors (Lipinski definition) is 9. The Morgan fingerprint density at radius 3 is 1.67 bits per heavy atom. The van der Waals surface area contributed by atoms with E-state index >= 15 is 0 Å². The Morgan fingerprint density at radius 2 is 1.18 bits per heavy atom. The van der Waals surface area contributed by atoms with E-state index in [2.05, 4.69) is 0 Å². The first-order valence-corrected chi connectivity index (χ1v) is 15.7. The lowest BCUT2D eigenvalue weighted by Crippen LogP contribution is -2.31. The molecule has 49 heavy (non-hydrogen) atoms. The lowest BCUT2D eigenvalue weighted by Gasteiger charge is -2.31. The molecule has 1 saturated heterocycles. The van der Waals surface area contributed by atoms with Crippen LogP contribution in [0.2, 0.25) is 0 Å². The minimum atomic E-state index is -1.25. The number of aromatic nitrogens is 2. The number of carboxylic acid groups (broad SMARTS) is 2. The van der Waals surface area contributed by atoms with Gasteiger partial charge in [-0.2, -0.15) is 0 Å². The number of nitrogens with zero attached hydrogens (tertiary/aromatic N) is 2. The van der Waals surface area contributed by atoms with Gasteiger partial charge in [-0.05, 0) is 54.7 Å². The van der Waals surface area contributed by atoms with Crippen molar-refractivity contribution in [3.63, 3.8) is 0 Å². The zero-order valence-corrected chi connectivity index (χ0v) is 27.7. The van der Waals surface area contributed by atoms with Gasteiger partial charge in [-0.25, -0.2) is 9.59 Å². The molecule has 0 bridgehead atoms. The maximum atomic E-state index is 12.2. The molecule has 2 aromatic carbocycles. The maximum absolute atomic E-state index is 12.2. The summed E-state index contributed by atoms with van der Waals surface area (Å²) in [5.41, 5.74) is 2.48. The highest BCUT2D eigenvalue weighted by Crippen LogP contribution is 2.53. The normalized spacial score (nSPS) is 17.8. The smallest absolute Gasteiger partial charge is 0.341 e. The molecule has 1 saturated carbocycles. The Morgan fingerprint density at radius 1 is 0.714 bits per heavy atom. The lowest BCUT2D eigenvalue weighted by molar-refractivity contribution is 0.0683. The second-order valence-electron chi connectivity index (χ2n) is 12.1. The fourth-order valence-corrected chi connectivity index (χ4v) is 6.71. The Kier molecular flexibility index (Phi) is 8.27. The van der Waals surface area contributed by atoms with Gasteiger partial charge in [0.2, 0.25) is 0 Å². The van der Waals surface area contributed by atoms with Gasteiger partial charge < -0.3 is 43.4 Å². The topological polar surface area (TPSA) is 179 Å². The van der Waals surface area contributed by atoms with Crippen LogP contribution in [-0.4, -0.2) is 64.3 Å². The molecule has 2 aromatic heterocycles. The molecular formula is C36H36N2O11. The molecule has 1 aliphatic carbocycles. The molecule has 1 unspecified atom stereocenters. The predicted molar refractivity (Wildman–Crippen MR) is 177 cm³/mol. The summed E-state index contributed by atoms with van der Waals surface area (Å²) >= 11 is 0. The SMILES string of the molecule is CC.COc1cc2c(cc1O)CC1(CC1)n1cc(C(=O)O)c(=O)cc1-2.COc1cc2c(cc1OC)-c1cc(=O)c(C(=O)O)cn1C1(CO1)C2. The van der Waals surface area contributed by atoms with Gasteiger partial charge in [0.15, 0.2) is 39.6 Å². The standard InChI is InChI=1S/C17H15NO6.C17H15NO5.C2H6/c1-22-14-3-9-6-17(8-24-17)18-7-11(16(20)21)13(19)5-12(18)10(9)4-15(14)23-2;1-23-15-5-10-9(4-14(15)20)7-17(2-3-17)18-8-11(16(21)22)13(19)6-12(10)18;1-2/h3-5,7H,6,8H2,1-2H3,(H,20,21);4-6,8,20H,2-3,7H2,1H3,(H,21,22);1-2H3. The monoisotopic (exact) mass is 672 g/mol. The van der Waals surface area contributed by atoms with Crippen molar-refractivity contribution in [1.82, 2.24) is 9.13 Å². The Hall–Kier alpha value is -5.56. The molecule has 8 rings (SSSR count). The van der Waals surface area contributed by atoms with E-state index in [1.807, 2.05) is 24.5 Å². The Labute approximate surface area is 280 Å². The molecule has 1 atom stereocenters. The fraction of sp³-hybridized carbons (Fsp3) is 0.333. The molecule has 5 heterocycles. The van der Waals surface area contributed by atoms with Gasteiger partial charge >= 0.3 is 11.9 Å². The molecule has 3 aliphatic heterocycles. The van der Waals surface area contributed by atoms with Crippen molar-refractivity contribution in [3.8, 4) is 45.5 Å². The molecule has 13 nitrogen and oxygen atoms in total. The van der Waals surface area contributed by atoms with Crippen molar-refractivity contribution in [3.05, 3.63) is 91.5 Å². The van der Waals surface area contributed by atoms with Crippen LogP contribution in [0.25, 0.3) is 22.5 Å². The Balaban J connectivity index is 0.000000162. The van der Waals surface area contributed by atoms with Gasteiger partial charge in [-0.3, -0.25) is 9.59 Å². The summed E-state index contributed by atoms with van der Waals surface area (Å²) < 4.78 is 25.1. The highest BCUT2D eigenvalue weighted by molar-refractivity contribution is 5.88. The van der Waals surface area contributed by atoms with Gasteiger partial charge in [0.25, 0.3) is 0 Å². The van der Waals surface area contributed by atoms with Crippen molar-refractivity contribution in [1.29, 1.82) is 0 Å². The third-order valence-corrected chi connectivity index (χ3v) is 9.37. The van der Waals surface area contributed by atoms with Crippen molar-refractivity contribution in [2.75, 3.05) is 27.9 Å². The Bertz CT molecular complexity index is 2140. The van der Waals surface area contributed by atoms with Crippen LogP contribution in [0.3, 0.4) is 0 Å².